The Balaban J connectivity index is 1.78. The second-order valence-corrected chi connectivity index (χ2v) is 4.63. The Morgan fingerprint density at radius 2 is 1.57 bits per heavy atom. The fourth-order valence-corrected chi connectivity index (χ4v) is 2.18. The summed E-state index contributed by atoms with van der Waals surface area (Å²) in [5.41, 5.74) is 4.11. The Morgan fingerprint density at radius 3 is 2.43 bits per heavy atom. The summed E-state index contributed by atoms with van der Waals surface area (Å²) in [6.45, 7) is 0. The van der Waals surface area contributed by atoms with Crippen molar-refractivity contribution in [2.75, 3.05) is 0 Å². The van der Waals surface area contributed by atoms with Crippen LogP contribution in [0.2, 0.25) is 0 Å². The number of amides is 1. The number of fused-ring (bicyclic) bond motifs is 1. The zero-order chi connectivity index (χ0) is 14.5. The van der Waals surface area contributed by atoms with Crippen LogP contribution in [0.3, 0.4) is 0 Å². The molecular weight excluding hydrogens is 260 g/mol. The number of nitrogens with one attached hydrogen (secondary N) is 1. The molecular formula is C18H14N2O. The van der Waals surface area contributed by atoms with Crippen molar-refractivity contribution in [1.82, 2.24) is 5.43 Å². The lowest BCUT2D eigenvalue weighted by atomic mass is 10.1. The van der Waals surface area contributed by atoms with E-state index in [0.717, 1.165) is 16.3 Å². The third-order valence-electron chi connectivity index (χ3n) is 3.23. The molecule has 0 saturated carbocycles. The molecule has 3 rings (SSSR count). The maximum atomic E-state index is 11.9. The lowest BCUT2D eigenvalue weighted by Gasteiger charge is -2.02. The lowest BCUT2D eigenvalue weighted by molar-refractivity contribution is 0.0955. The van der Waals surface area contributed by atoms with Crippen molar-refractivity contribution >= 4 is 22.9 Å². The van der Waals surface area contributed by atoms with Crippen LogP contribution in [-0.4, -0.2) is 12.1 Å². The van der Waals surface area contributed by atoms with E-state index in [1.165, 1.54) is 0 Å². The highest BCUT2D eigenvalue weighted by atomic mass is 16.2. The van der Waals surface area contributed by atoms with Gasteiger partial charge >= 0.3 is 0 Å². The van der Waals surface area contributed by atoms with Gasteiger partial charge in [0.15, 0.2) is 0 Å². The van der Waals surface area contributed by atoms with E-state index in [-0.39, 0.29) is 5.91 Å². The first-order chi connectivity index (χ1) is 10.3. The van der Waals surface area contributed by atoms with Crippen LogP contribution in [0.1, 0.15) is 15.9 Å². The van der Waals surface area contributed by atoms with Crippen molar-refractivity contribution < 1.29 is 4.79 Å². The summed E-state index contributed by atoms with van der Waals surface area (Å²) in [5, 5.41) is 6.30. The normalized spacial score (nSPS) is 10.9. The molecule has 1 amide bonds. The van der Waals surface area contributed by atoms with Crippen LogP contribution >= 0.6 is 0 Å². The number of hydrogen-bond acceptors (Lipinski definition) is 2. The minimum Gasteiger partial charge on any atom is -0.267 e. The molecule has 0 fully saturated rings. The minimum absolute atomic E-state index is 0.216. The van der Waals surface area contributed by atoms with Crippen molar-refractivity contribution in [3.8, 4) is 0 Å². The summed E-state index contributed by atoms with van der Waals surface area (Å²) in [7, 11) is 0. The van der Waals surface area contributed by atoms with E-state index >= 15 is 0 Å². The Hall–Kier alpha value is -2.94. The van der Waals surface area contributed by atoms with Gasteiger partial charge in [0.25, 0.3) is 5.91 Å². The summed E-state index contributed by atoms with van der Waals surface area (Å²) < 4.78 is 0. The van der Waals surface area contributed by atoms with E-state index in [1.807, 2.05) is 48.5 Å². The Morgan fingerprint density at radius 1 is 0.857 bits per heavy atom. The van der Waals surface area contributed by atoms with E-state index < -0.39 is 0 Å². The molecule has 0 saturated heterocycles. The fraction of sp³-hybridized carbons (Fsp3) is 0. The topological polar surface area (TPSA) is 41.5 Å². The van der Waals surface area contributed by atoms with Crippen molar-refractivity contribution in [2.45, 2.75) is 0 Å². The highest BCUT2D eigenvalue weighted by molar-refractivity contribution is 6.00. The van der Waals surface area contributed by atoms with E-state index in [0.29, 0.717) is 5.56 Å². The van der Waals surface area contributed by atoms with Gasteiger partial charge in [0.1, 0.15) is 0 Å². The number of carbonyl (C=O) groups is 1. The molecule has 3 heteroatoms. The van der Waals surface area contributed by atoms with Crippen LogP contribution < -0.4 is 5.43 Å². The van der Waals surface area contributed by atoms with Gasteiger partial charge in [-0.25, -0.2) is 5.43 Å². The molecule has 0 aliphatic carbocycles. The van der Waals surface area contributed by atoms with Crippen molar-refractivity contribution in [2.24, 2.45) is 5.10 Å². The van der Waals surface area contributed by atoms with Crippen LogP contribution in [0.5, 0.6) is 0 Å². The fourth-order valence-electron chi connectivity index (χ4n) is 2.18. The minimum atomic E-state index is -0.216. The maximum absolute atomic E-state index is 11.9. The molecule has 3 nitrogen and oxygen atoms in total. The SMILES string of the molecule is O=C(N/N=C\c1cccc2ccccc12)c1ccccc1. The third kappa shape index (κ3) is 2.98. The first-order valence-electron chi connectivity index (χ1n) is 6.71. The second-order valence-electron chi connectivity index (χ2n) is 4.63. The van der Waals surface area contributed by atoms with Gasteiger partial charge in [-0.05, 0) is 22.9 Å². The van der Waals surface area contributed by atoms with E-state index in [9.17, 15) is 4.79 Å². The highest BCUT2D eigenvalue weighted by Crippen LogP contribution is 2.16. The van der Waals surface area contributed by atoms with Gasteiger partial charge in [0.05, 0.1) is 6.21 Å². The molecule has 0 bridgehead atoms. The molecule has 102 valence electrons. The van der Waals surface area contributed by atoms with E-state index in [4.69, 9.17) is 0 Å². The van der Waals surface area contributed by atoms with Gasteiger partial charge in [0, 0.05) is 11.1 Å². The predicted molar refractivity (Wildman–Crippen MR) is 85.5 cm³/mol. The van der Waals surface area contributed by atoms with Gasteiger partial charge < -0.3 is 0 Å². The van der Waals surface area contributed by atoms with Gasteiger partial charge in [-0.3, -0.25) is 4.79 Å². The number of hydrogen-bond donors (Lipinski definition) is 1. The largest absolute Gasteiger partial charge is 0.271 e. The summed E-state index contributed by atoms with van der Waals surface area (Å²) in [5.74, 6) is -0.216. The number of carbonyl (C=O) groups excluding carboxylic acids is 1. The number of hydrazone groups is 1. The molecule has 0 aliphatic heterocycles. The summed E-state index contributed by atoms with van der Waals surface area (Å²) in [6, 6.07) is 23.1. The van der Waals surface area contributed by atoms with Gasteiger partial charge in [0.2, 0.25) is 0 Å². The van der Waals surface area contributed by atoms with E-state index in [1.54, 1.807) is 18.3 Å². The molecule has 0 heterocycles. The maximum Gasteiger partial charge on any atom is 0.271 e. The number of benzene rings is 3. The molecule has 3 aromatic rings. The smallest absolute Gasteiger partial charge is 0.267 e. The van der Waals surface area contributed by atoms with Crippen LogP contribution in [0.4, 0.5) is 0 Å². The number of rotatable bonds is 3. The summed E-state index contributed by atoms with van der Waals surface area (Å²) in [4.78, 5) is 11.9. The molecule has 0 spiro atoms. The molecule has 21 heavy (non-hydrogen) atoms. The van der Waals surface area contributed by atoms with Gasteiger partial charge in [-0.2, -0.15) is 5.10 Å². The van der Waals surface area contributed by atoms with Gasteiger partial charge in [-0.15, -0.1) is 0 Å². The Kier molecular flexibility index (Phi) is 3.74. The Labute approximate surface area is 122 Å². The molecule has 3 aromatic carbocycles. The molecule has 0 aliphatic rings. The van der Waals surface area contributed by atoms with E-state index in [2.05, 4.69) is 22.7 Å². The van der Waals surface area contributed by atoms with Crippen molar-refractivity contribution in [3.05, 3.63) is 83.9 Å². The number of nitrogens with zero attached hydrogens (tertiary/aromatic N) is 1. The van der Waals surface area contributed by atoms with Crippen LogP contribution in [-0.2, 0) is 0 Å². The lowest BCUT2D eigenvalue weighted by Crippen LogP contribution is -2.17. The first-order valence-corrected chi connectivity index (χ1v) is 6.71. The average molecular weight is 274 g/mol. The van der Waals surface area contributed by atoms with Crippen molar-refractivity contribution in [3.63, 3.8) is 0 Å². The second kappa shape index (κ2) is 6.01. The standard InChI is InChI=1S/C18H14N2O/c21-18(15-8-2-1-3-9-15)20-19-13-16-11-6-10-14-7-4-5-12-17(14)16/h1-13H,(H,20,21)/b19-13-. The predicted octanol–water partition coefficient (Wildman–Crippen LogP) is 3.60. The average Bonchev–Trinajstić information content (AvgIpc) is 2.56. The van der Waals surface area contributed by atoms with Gasteiger partial charge in [-0.1, -0.05) is 60.7 Å². The quantitative estimate of drug-likeness (QED) is 0.575. The first kappa shape index (κ1) is 13.1. The third-order valence-corrected chi connectivity index (χ3v) is 3.23. The van der Waals surface area contributed by atoms with Crippen LogP contribution in [0.15, 0.2) is 77.9 Å². The molecule has 0 unspecified atom stereocenters. The van der Waals surface area contributed by atoms with Crippen LogP contribution in [0.25, 0.3) is 10.8 Å². The molecule has 1 N–H and O–H groups in total. The molecule has 0 radical (unpaired) electrons. The highest BCUT2D eigenvalue weighted by Gasteiger charge is 2.02. The molecule has 0 atom stereocenters. The van der Waals surface area contributed by atoms with Crippen molar-refractivity contribution in [1.29, 1.82) is 0 Å². The summed E-state index contributed by atoms with van der Waals surface area (Å²) >= 11 is 0. The monoisotopic (exact) mass is 274 g/mol. The summed E-state index contributed by atoms with van der Waals surface area (Å²) in [6.07, 6.45) is 1.67. The Bertz CT molecular complexity index is 789. The van der Waals surface area contributed by atoms with Crippen LogP contribution in [0, 0.1) is 0 Å². The zero-order valence-electron chi connectivity index (χ0n) is 11.4. The molecule has 0 aromatic heterocycles. The zero-order valence-corrected chi connectivity index (χ0v) is 11.4.